The van der Waals surface area contributed by atoms with Gasteiger partial charge in [0.1, 0.15) is 11.9 Å². The molecule has 0 aliphatic carbocycles. The van der Waals surface area contributed by atoms with Crippen LogP contribution < -0.4 is 5.32 Å². The van der Waals surface area contributed by atoms with E-state index >= 15 is 0 Å². The Bertz CT molecular complexity index is 749. The van der Waals surface area contributed by atoms with Crippen molar-refractivity contribution in [1.29, 1.82) is 0 Å². The highest BCUT2D eigenvalue weighted by atomic mass is 16.6. The first-order chi connectivity index (χ1) is 13.4. The maximum atomic E-state index is 13.0. The van der Waals surface area contributed by atoms with Gasteiger partial charge in [0.15, 0.2) is 0 Å². The van der Waals surface area contributed by atoms with Gasteiger partial charge in [-0.3, -0.25) is 4.79 Å². The monoisotopic (exact) mass is 387 g/mol. The molecule has 0 saturated carbocycles. The minimum Gasteiger partial charge on any atom is -0.440 e. The summed E-state index contributed by atoms with van der Waals surface area (Å²) in [5.41, 5.74) is 1.69. The quantitative estimate of drug-likeness (QED) is 0.828. The van der Waals surface area contributed by atoms with Gasteiger partial charge >= 0.3 is 6.09 Å². The van der Waals surface area contributed by atoms with Crippen LogP contribution >= 0.6 is 0 Å². The van der Waals surface area contributed by atoms with E-state index in [1.54, 1.807) is 4.90 Å². The van der Waals surface area contributed by atoms with Crippen LogP contribution in [0.4, 0.5) is 4.79 Å². The van der Waals surface area contributed by atoms with Crippen LogP contribution in [0.15, 0.2) is 6.33 Å². The molecule has 4 rings (SSSR count). The fourth-order valence-electron chi connectivity index (χ4n) is 5.25. The number of amides is 2. The highest BCUT2D eigenvalue weighted by molar-refractivity contribution is 5.96. The van der Waals surface area contributed by atoms with Crippen LogP contribution in [0.2, 0.25) is 0 Å². The summed E-state index contributed by atoms with van der Waals surface area (Å²) in [6.07, 6.45) is 4.74. The minimum absolute atomic E-state index is 0.0118. The summed E-state index contributed by atoms with van der Waals surface area (Å²) in [6, 6.07) is 0.0860. The van der Waals surface area contributed by atoms with Crippen molar-refractivity contribution >= 4 is 12.0 Å². The molecule has 8 heteroatoms. The molecular weight excluding hydrogens is 358 g/mol. The Balaban J connectivity index is 1.47. The number of hydrogen-bond donors (Lipinski definition) is 1. The van der Waals surface area contributed by atoms with Crippen molar-refractivity contribution in [2.75, 3.05) is 33.2 Å². The normalized spacial score (nSPS) is 25.2. The number of likely N-dealkylation sites (tertiary alicyclic amines) is 1. The van der Waals surface area contributed by atoms with E-state index in [0.29, 0.717) is 24.6 Å². The van der Waals surface area contributed by atoms with E-state index in [1.807, 2.05) is 25.8 Å². The largest absolute Gasteiger partial charge is 0.440 e. The lowest BCUT2D eigenvalue weighted by atomic mass is 9.75. The lowest BCUT2D eigenvalue weighted by Gasteiger charge is -2.44. The molecule has 8 nitrogen and oxygen atoms in total. The number of aryl methyl sites for hydroxylation is 2. The molecule has 0 radical (unpaired) electrons. The molecule has 0 bridgehead atoms. The zero-order valence-corrected chi connectivity index (χ0v) is 16.9. The fraction of sp³-hybridized carbons (Fsp3) is 0.700. The van der Waals surface area contributed by atoms with Gasteiger partial charge in [-0.05, 0) is 45.7 Å². The summed E-state index contributed by atoms with van der Waals surface area (Å²) in [6.45, 7) is 6.83. The van der Waals surface area contributed by atoms with Gasteiger partial charge in [0.05, 0.1) is 23.0 Å². The number of carbonyl (C=O) groups excluding carboxylic acids is 2. The lowest BCUT2D eigenvalue weighted by molar-refractivity contribution is -0.0166. The highest BCUT2D eigenvalue weighted by Gasteiger charge is 2.55. The number of rotatable bonds is 2. The first kappa shape index (κ1) is 19.1. The molecule has 1 aromatic heterocycles. The Labute approximate surface area is 165 Å². The van der Waals surface area contributed by atoms with Crippen LogP contribution in [0.5, 0.6) is 0 Å². The topological polar surface area (TPSA) is 87.7 Å². The maximum Gasteiger partial charge on any atom is 0.410 e. The van der Waals surface area contributed by atoms with Crippen molar-refractivity contribution < 1.29 is 14.3 Å². The Morgan fingerprint density at radius 1 is 1.18 bits per heavy atom. The van der Waals surface area contributed by atoms with E-state index < -0.39 is 0 Å². The van der Waals surface area contributed by atoms with Gasteiger partial charge in [0.25, 0.3) is 5.91 Å². The Kier molecular flexibility index (Phi) is 4.99. The summed E-state index contributed by atoms with van der Waals surface area (Å²) in [5.74, 6) is 0.352. The van der Waals surface area contributed by atoms with E-state index in [0.717, 1.165) is 50.2 Å². The average molecular weight is 387 g/mol. The third-order valence-corrected chi connectivity index (χ3v) is 6.70. The SMILES string of the molecule is Cc1ncnc(C)c1C(=O)N1CCC(C2N(C)C(=O)OC23CCNCC3)CC1. The number of piperidine rings is 2. The molecule has 3 saturated heterocycles. The molecule has 152 valence electrons. The van der Waals surface area contributed by atoms with Crippen molar-refractivity contribution in [2.45, 2.75) is 51.2 Å². The predicted molar refractivity (Wildman–Crippen MR) is 103 cm³/mol. The predicted octanol–water partition coefficient (Wildman–Crippen LogP) is 1.52. The van der Waals surface area contributed by atoms with Gasteiger partial charge < -0.3 is 19.9 Å². The number of hydrogen-bond acceptors (Lipinski definition) is 6. The molecule has 1 atom stereocenters. The van der Waals surface area contributed by atoms with Crippen molar-refractivity contribution in [3.8, 4) is 0 Å². The van der Waals surface area contributed by atoms with Gasteiger partial charge in [-0.15, -0.1) is 0 Å². The molecule has 3 aliphatic heterocycles. The molecule has 3 aliphatic rings. The van der Waals surface area contributed by atoms with Crippen LogP contribution in [-0.2, 0) is 4.74 Å². The summed E-state index contributed by atoms with van der Waals surface area (Å²) in [7, 11) is 1.86. The molecule has 1 unspecified atom stereocenters. The summed E-state index contributed by atoms with van der Waals surface area (Å²) in [4.78, 5) is 37.4. The summed E-state index contributed by atoms with van der Waals surface area (Å²) >= 11 is 0. The molecule has 1 aromatic rings. The number of carbonyl (C=O) groups is 2. The third kappa shape index (κ3) is 3.13. The summed E-state index contributed by atoms with van der Waals surface area (Å²) < 4.78 is 5.89. The lowest BCUT2D eigenvalue weighted by Crippen LogP contribution is -2.56. The summed E-state index contributed by atoms with van der Waals surface area (Å²) in [5, 5.41) is 3.37. The second-order valence-electron chi connectivity index (χ2n) is 8.29. The maximum absolute atomic E-state index is 13.0. The Morgan fingerprint density at radius 2 is 1.79 bits per heavy atom. The van der Waals surface area contributed by atoms with Crippen LogP contribution in [-0.4, -0.2) is 76.6 Å². The van der Waals surface area contributed by atoms with Gasteiger partial charge in [0, 0.05) is 33.0 Å². The minimum atomic E-state index is -0.381. The van der Waals surface area contributed by atoms with Crippen LogP contribution in [0.1, 0.15) is 47.4 Å². The number of nitrogens with one attached hydrogen (secondary N) is 1. The second kappa shape index (κ2) is 7.31. The Hall–Kier alpha value is -2.22. The molecule has 0 aromatic carbocycles. The van der Waals surface area contributed by atoms with Crippen LogP contribution in [0.3, 0.4) is 0 Å². The van der Waals surface area contributed by atoms with E-state index in [9.17, 15) is 9.59 Å². The average Bonchev–Trinajstić information content (AvgIpc) is 2.91. The van der Waals surface area contributed by atoms with Crippen LogP contribution in [0.25, 0.3) is 0 Å². The standard InChI is InChI=1S/C20H29N5O3/c1-13-16(14(2)23-12-22-13)18(26)25-10-4-15(5-11-25)17-20(6-8-21-9-7-20)28-19(27)24(17)3/h12,15,17,21H,4-11H2,1-3H3. The smallest absolute Gasteiger partial charge is 0.410 e. The number of ether oxygens (including phenoxy) is 1. The van der Waals surface area contributed by atoms with E-state index in [2.05, 4.69) is 15.3 Å². The fourth-order valence-corrected chi connectivity index (χ4v) is 5.25. The van der Waals surface area contributed by atoms with Crippen LogP contribution in [0, 0.1) is 19.8 Å². The van der Waals surface area contributed by atoms with Gasteiger partial charge in [-0.25, -0.2) is 14.8 Å². The number of nitrogens with zero attached hydrogens (tertiary/aromatic N) is 4. The zero-order chi connectivity index (χ0) is 19.9. The molecule has 1 spiro atoms. The molecule has 1 N–H and O–H groups in total. The number of aromatic nitrogens is 2. The second-order valence-corrected chi connectivity index (χ2v) is 8.29. The molecule has 28 heavy (non-hydrogen) atoms. The van der Waals surface area contributed by atoms with Gasteiger partial charge in [0.2, 0.25) is 0 Å². The Morgan fingerprint density at radius 3 is 2.39 bits per heavy atom. The van der Waals surface area contributed by atoms with Crippen molar-refractivity contribution in [3.05, 3.63) is 23.3 Å². The molecular formula is C20H29N5O3. The van der Waals surface area contributed by atoms with E-state index in [4.69, 9.17) is 4.74 Å². The van der Waals surface area contributed by atoms with Crippen molar-refractivity contribution in [2.24, 2.45) is 5.92 Å². The van der Waals surface area contributed by atoms with Crippen molar-refractivity contribution in [1.82, 2.24) is 25.1 Å². The van der Waals surface area contributed by atoms with Gasteiger partial charge in [-0.1, -0.05) is 0 Å². The van der Waals surface area contributed by atoms with E-state index in [1.165, 1.54) is 6.33 Å². The third-order valence-electron chi connectivity index (χ3n) is 6.70. The zero-order valence-electron chi connectivity index (χ0n) is 16.9. The first-order valence-corrected chi connectivity index (χ1v) is 10.2. The molecule has 2 amide bonds. The molecule has 3 fully saturated rings. The highest BCUT2D eigenvalue weighted by Crippen LogP contribution is 2.42. The van der Waals surface area contributed by atoms with E-state index in [-0.39, 0.29) is 23.6 Å². The molecule has 4 heterocycles. The van der Waals surface area contributed by atoms with Crippen molar-refractivity contribution in [3.63, 3.8) is 0 Å². The van der Waals surface area contributed by atoms with Gasteiger partial charge in [-0.2, -0.15) is 0 Å². The number of likely N-dealkylation sites (N-methyl/N-ethyl adjacent to an activating group) is 1. The first-order valence-electron chi connectivity index (χ1n) is 10.2.